The zero-order valence-electron chi connectivity index (χ0n) is 10.3. The average Bonchev–Trinajstić information content (AvgIpc) is 2.37. The minimum Gasteiger partial charge on any atom is -0.397 e. The summed E-state index contributed by atoms with van der Waals surface area (Å²) < 4.78 is 13.7. The molecule has 1 aromatic heterocycles. The van der Waals surface area contributed by atoms with Crippen LogP contribution < -0.4 is 10.6 Å². The molecule has 0 aliphatic heterocycles. The maximum Gasteiger partial charge on any atom is 0.148 e. The number of benzene rings is 1. The maximum absolute atomic E-state index is 13.7. The number of nitrogens with two attached hydrogens (primary N) is 1. The van der Waals surface area contributed by atoms with Crippen LogP contribution in [0.4, 0.5) is 15.8 Å². The number of anilines is 2. The molecule has 0 unspecified atom stereocenters. The van der Waals surface area contributed by atoms with E-state index in [0.717, 1.165) is 12.1 Å². The summed E-state index contributed by atoms with van der Waals surface area (Å²) in [6, 6.07) is 10.5. The van der Waals surface area contributed by atoms with Crippen LogP contribution in [-0.4, -0.2) is 18.6 Å². The van der Waals surface area contributed by atoms with Crippen molar-refractivity contribution in [3.63, 3.8) is 0 Å². The van der Waals surface area contributed by atoms with Crippen molar-refractivity contribution in [2.45, 2.75) is 6.42 Å². The lowest BCUT2D eigenvalue weighted by atomic mass is 10.2. The molecule has 2 aromatic rings. The Hall–Kier alpha value is -2.10. The fourth-order valence-electron chi connectivity index (χ4n) is 1.87. The van der Waals surface area contributed by atoms with Gasteiger partial charge < -0.3 is 10.6 Å². The zero-order valence-corrected chi connectivity index (χ0v) is 10.3. The topological polar surface area (TPSA) is 42.2 Å². The predicted molar refractivity (Wildman–Crippen MR) is 72.0 cm³/mol. The molecule has 4 heteroatoms. The standard InChI is InChI=1S/C14H16FN3/c1-18(10-8-11-5-2-3-9-17-11)14-12(15)6-4-7-13(14)16/h2-7,9H,8,10,16H2,1H3. The van der Waals surface area contributed by atoms with Crippen LogP contribution in [0.1, 0.15) is 5.69 Å². The fourth-order valence-corrected chi connectivity index (χ4v) is 1.87. The van der Waals surface area contributed by atoms with Gasteiger partial charge in [-0.1, -0.05) is 12.1 Å². The summed E-state index contributed by atoms with van der Waals surface area (Å²) in [5.74, 6) is -0.293. The van der Waals surface area contributed by atoms with Crippen molar-refractivity contribution >= 4 is 11.4 Å². The normalized spacial score (nSPS) is 10.3. The number of nitrogens with zero attached hydrogens (tertiary/aromatic N) is 2. The summed E-state index contributed by atoms with van der Waals surface area (Å²) in [5.41, 5.74) is 7.69. The van der Waals surface area contributed by atoms with E-state index in [9.17, 15) is 4.39 Å². The molecule has 2 rings (SSSR count). The number of hydrogen-bond donors (Lipinski definition) is 1. The maximum atomic E-state index is 13.7. The minimum absolute atomic E-state index is 0.293. The van der Waals surface area contributed by atoms with Crippen molar-refractivity contribution < 1.29 is 4.39 Å². The van der Waals surface area contributed by atoms with Gasteiger partial charge in [-0.05, 0) is 24.3 Å². The number of halogens is 1. The summed E-state index contributed by atoms with van der Waals surface area (Å²) in [5, 5.41) is 0. The van der Waals surface area contributed by atoms with Crippen LogP contribution in [0.2, 0.25) is 0 Å². The van der Waals surface area contributed by atoms with E-state index < -0.39 is 0 Å². The highest BCUT2D eigenvalue weighted by Crippen LogP contribution is 2.25. The van der Waals surface area contributed by atoms with Crippen LogP contribution in [0.5, 0.6) is 0 Å². The molecule has 1 aromatic carbocycles. The van der Waals surface area contributed by atoms with Crippen molar-refractivity contribution in [2.24, 2.45) is 0 Å². The van der Waals surface area contributed by atoms with Crippen molar-refractivity contribution in [3.05, 3.63) is 54.1 Å². The van der Waals surface area contributed by atoms with Gasteiger partial charge in [-0.15, -0.1) is 0 Å². The predicted octanol–water partition coefficient (Wildman–Crippen LogP) is 2.48. The molecular formula is C14H16FN3. The number of pyridine rings is 1. The van der Waals surface area contributed by atoms with Gasteiger partial charge in [-0.2, -0.15) is 0 Å². The van der Waals surface area contributed by atoms with Gasteiger partial charge in [-0.3, -0.25) is 4.98 Å². The van der Waals surface area contributed by atoms with E-state index in [-0.39, 0.29) is 5.82 Å². The monoisotopic (exact) mass is 245 g/mol. The molecule has 0 radical (unpaired) electrons. The SMILES string of the molecule is CN(CCc1ccccn1)c1c(N)cccc1F. The molecule has 1 heterocycles. The molecule has 0 aliphatic carbocycles. The number of rotatable bonds is 4. The largest absolute Gasteiger partial charge is 0.397 e. The summed E-state index contributed by atoms with van der Waals surface area (Å²) >= 11 is 0. The lowest BCUT2D eigenvalue weighted by molar-refractivity contribution is 0.622. The highest BCUT2D eigenvalue weighted by Gasteiger charge is 2.10. The second-order valence-electron chi connectivity index (χ2n) is 4.17. The molecule has 94 valence electrons. The first-order valence-corrected chi connectivity index (χ1v) is 5.83. The van der Waals surface area contributed by atoms with Gasteiger partial charge in [0, 0.05) is 31.9 Å². The average molecular weight is 245 g/mol. The first kappa shape index (κ1) is 12.4. The van der Waals surface area contributed by atoms with E-state index in [1.54, 1.807) is 18.3 Å². The van der Waals surface area contributed by atoms with Crippen molar-refractivity contribution in [1.29, 1.82) is 0 Å². The number of likely N-dealkylation sites (N-methyl/N-ethyl adjacent to an activating group) is 1. The molecule has 18 heavy (non-hydrogen) atoms. The van der Waals surface area contributed by atoms with Crippen molar-refractivity contribution in [1.82, 2.24) is 4.98 Å². The van der Waals surface area contributed by atoms with Gasteiger partial charge in [0.25, 0.3) is 0 Å². The van der Waals surface area contributed by atoms with Crippen LogP contribution in [0.25, 0.3) is 0 Å². The quantitative estimate of drug-likeness (QED) is 0.841. The Morgan fingerprint density at radius 3 is 2.72 bits per heavy atom. The van der Waals surface area contributed by atoms with Crippen LogP contribution in [0, 0.1) is 5.82 Å². The van der Waals surface area contributed by atoms with E-state index in [1.807, 2.05) is 30.1 Å². The third-order valence-electron chi connectivity index (χ3n) is 2.83. The number of nitrogen functional groups attached to an aromatic ring is 1. The zero-order chi connectivity index (χ0) is 13.0. The van der Waals surface area contributed by atoms with Crippen LogP contribution >= 0.6 is 0 Å². The molecule has 0 fully saturated rings. The number of para-hydroxylation sites is 1. The van der Waals surface area contributed by atoms with Crippen LogP contribution in [0.15, 0.2) is 42.6 Å². The highest BCUT2D eigenvalue weighted by atomic mass is 19.1. The first-order valence-electron chi connectivity index (χ1n) is 5.83. The summed E-state index contributed by atoms with van der Waals surface area (Å²) in [7, 11) is 1.83. The molecule has 0 saturated carbocycles. The fraction of sp³-hybridized carbons (Fsp3) is 0.214. The first-order chi connectivity index (χ1) is 8.68. The summed E-state index contributed by atoms with van der Waals surface area (Å²) in [6.45, 7) is 0.669. The number of hydrogen-bond acceptors (Lipinski definition) is 3. The van der Waals surface area contributed by atoms with Gasteiger partial charge in [0.2, 0.25) is 0 Å². The van der Waals surface area contributed by atoms with Gasteiger partial charge >= 0.3 is 0 Å². The van der Waals surface area contributed by atoms with Gasteiger partial charge in [-0.25, -0.2) is 4.39 Å². The molecule has 0 spiro atoms. The smallest absolute Gasteiger partial charge is 0.148 e. The Bertz CT molecular complexity index is 493. The second kappa shape index (κ2) is 5.49. The van der Waals surface area contributed by atoms with E-state index in [2.05, 4.69) is 4.98 Å². The van der Waals surface area contributed by atoms with E-state index in [4.69, 9.17) is 5.73 Å². The highest BCUT2D eigenvalue weighted by molar-refractivity contribution is 5.67. The minimum atomic E-state index is -0.293. The molecule has 3 nitrogen and oxygen atoms in total. The molecule has 0 aliphatic rings. The molecule has 0 amide bonds. The summed E-state index contributed by atoms with van der Waals surface area (Å²) in [6.07, 6.45) is 2.51. The lowest BCUT2D eigenvalue weighted by Crippen LogP contribution is -2.22. The Labute approximate surface area is 106 Å². The Kier molecular flexibility index (Phi) is 3.77. The molecular weight excluding hydrogens is 229 g/mol. The Morgan fingerprint density at radius 1 is 1.22 bits per heavy atom. The second-order valence-corrected chi connectivity index (χ2v) is 4.17. The van der Waals surface area contributed by atoms with Gasteiger partial charge in [0.05, 0.1) is 11.4 Å². The molecule has 0 bridgehead atoms. The van der Waals surface area contributed by atoms with E-state index in [1.165, 1.54) is 6.07 Å². The third-order valence-corrected chi connectivity index (χ3v) is 2.83. The Balaban J connectivity index is 2.06. The molecule has 2 N–H and O–H groups in total. The molecule has 0 atom stereocenters. The van der Waals surface area contributed by atoms with E-state index in [0.29, 0.717) is 17.9 Å². The third kappa shape index (κ3) is 2.77. The van der Waals surface area contributed by atoms with Crippen molar-refractivity contribution in [2.75, 3.05) is 24.2 Å². The van der Waals surface area contributed by atoms with Gasteiger partial charge in [0.1, 0.15) is 5.82 Å². The lowest BCUT2D eigenvalue weighted by Gasteiger charge is -2.21. The van der Waals surface area contributed by atoms with Crippen LogP contribution in [-0.2, 0) is 6.42 Å². The number of aromatic nitrogens is 1. The van der Waals surface area contributed by atoms with Crippen molar-refractivity contribution in [3.8, 4) is 0 Å². The van der Waals surface area contributed by atoms with Crippen LogP contribution in [0.3, 0.4) is 0 Å². The molecule has 0 saturated heterocycles. The summed E-state index contributed by atoms with van der Waals surface area (Å²) in [4.78, 5) is 6.06. The Morgan fingerprint density at radius 2 is 2.06 bits per heavy atom. The van der Waals surface area contributed by atoms with E-state index >= 15 is 0 Å². The van der Waals surface area contributed by atoms with Gasteiger partial charge in [0.15, 0.2) is 0 Å².